The molecule has 0 saturated heterocycles. The van der Waals surface area contributed by atoms with E-state index in [9.17, 15) is 4.39 Å². The summed E-state index contributed by atoms with van der Waals surface area (Å²) in [6.07, 6.45) is 0.587. The van der Waals surface area contributed by atoms with Crippen LogP contribution in [0, 0.1) is 5.82 Å². The van der Waals surface area contributed by atoms with Gasteiger partial charge in [-0.15, -0.1) is 0 Å². The van der Waals surface area contributed by atoms with Crippen LogP contribution in [0.1, 0.15) is 12.5 Å². The van der Waals surface area contributed by atoms with Crippen molar-refractivity contribution < 1.29 is 9.13 Å². The summed E-state index contributed by atoms with van der Waals surface area (Å²) < 4.78 is 18.9. The van der Waals surface area contributed by atoms with Gasteiger partial charge >= 0.3 is 0 Å². The van der Waals surface area contributed by atoms with E-state index in [-0.39, 0.29) is 11.1 Å². The van der Waals surface area contributed by atoms with Gasteiger partial charge in [0.05, 0.1) is 5.02 Å². The van der Waals surface area contributed by atoms with Gasteiger partial charge < -0.3 is 10.5 Å². The molecule has 0 bridgehead atoms. The molecule has 106 valence electrons. The number of rotatable bonds is 4. The van der Waals surface area contributed by atoms with Crippen molar-refractivity contribution in [1.29, 1.82) is 0 Å². The molecule has 0 aliphatic heterocycles. The molecule has 2 nitrogen and oxygen atoms in total. The largest absolute Gasteiger partial charge is 0.457 e. The summed E-state index contributed by atoms with van der Waals surface area (Å²) in [7, 11) is 0. The standard InChI is InChI=1S/C15H14Cl2FNO/c1-9(19)7-11-12(16)3-2-4-15(11)20-10-5-6-14(18)13(17)8-10/h2-6,8-9H,7,19H2,1H3. The third kappa shape index (κ3) is 3.63. The van der Waals surface area contributed by atoms with Crippen molar-refractivity contribution in [3.05, 3.63) is 57.8 Å². The Labute approximate surface area is 127 Å². The van der Waals surface area contributed by atoms with Crippen molar-refractivity contribution in [3.63, 3.8) is 0 Å². The average molecular weight is 314 g/mol. The highest BCUT2D eigenvalue weighted by Crippen LogP contribution is 2.32. The normalized spacial score (nSPS) is 12.2. The predicted molar refractivity (Wildman–Crippen MR) is 80.3 cm³/mol. The molecule has 5 heteroatoms. The second-order valence-electron chi connectivity index (χ2n) is 4.58. The van der Waals surface area contributed by atoms with E-state index in [1.165, 1.54) is 18.2 Å². The molecule has 20 heavy (non-hydrogen) atoms. The number of hydrogen-bond donors (Lipinski definition) is 1. The van der Waals surface area contributed by atoms with Gasteiger partial charge in [-0.25, -0.2) is 4.39 Å². The monoisotopic (exact) mass is 313 g/mol. The number of halogens is 3. The van der Waals surface area contributed by atoms with E-state index in [1.807, 2.05) is 6.92 Å². The lowest BCUT2D eigenvalue weighted by Crippen LogP contribution is -2.18. The molecule has 2 aromatic carbocycles. The Balaban J connectivity index is 2.32. The van der Waals surface area contributed by atoms with Crippen molar-refractivity contribution in [2.24, 2.45) is 5.73 Å². The van der Waals surface area contributed by atoms with Gasteiger partial charge in [-0.2, -0.15) is 0 Å². The van der Waals surface area contributed by atoms with Crippen LogP contribution in [-0.4, -0.2) is 6.04 Å². The highest BCUT2D eigenvalue weighted by Gasteiger charge is 2.12. The molecule has 0 heterocycles. The lowest BCUT2D eigenvalue weighted by Gasteiger charge is -2.14. The maximum Gasteiger partial charge on any atom is 0.142 e. The van der Waals surface area contributed by atoms with Crippen molar-refractivity contribution in [2.45, 2.75) is 19.4 Å². The Bertz CT molecular complexity index is 617. The van der Waals surface area contributed by atoms with Crippen molar-refractivity contribution in [2.75, 3.05) is 0 Å². The Hall–Kier alpha value is -1.29. The molecule has 0 aromatic heterocycles. The molecule has 2 aromatic rings. The predicted octanol–water partition coefficient (Wildman–Crippen LogP) is 4.81. The van der Waals surface area contributed by atoms with Crippen LogP contribution in [0.4, 0.5) is 4.39 Å². The number of benzene rings is 2. The van der Waals surface area contributed by atoms with Gasteiger partial charge in [0.25, 0.3) is 0 Å². The van der Waals surface area contributed by atoms with E-state index < -0.39 is 5.82 Å². The number of hydrogen-bond acceptors (Lipinski definition) is 2. The van der Waals surface area contributed by atoms with Crippen molar-refractivity contribution in [1.82, 2.24) is 0 Å². The van der Waals surface area contributed by atoms with Crippen molar-refractivity contribution in [3.8, 4) is 11.5 Å². The molecule has 2 N–H and O–H groups in total. The molecule has 0 aliphatic rings. The molecular formula is C15H14Cl2FNO. The maximum absolute atomic E-state index is 13.1. The zero-order chi connectivity index (χ0) is 14.7. The summed E-state index contributed by atoms with van der Waals surface area (Å²) in [5, 5.41) is 0.603. The van der Waals surface area contributed by atoms with E-state index in [1.54, 1.807) is 18.2 Å². The fourth-order valence-electron chi connectivity index (χ4n) is 1.82. The van der Waals surface area contributed by atoms with Crippen LogP contribution < -0.4 is 10.5 Å². The first-order valence-corrected chi connectivity index (χ1v) is 6.89. The lowest BCUT2D eigenvalue weighted by atomic mass is 10.1. The first-order valence-electron chi connectivity index (χ1n) is 6.13. The second kappa shape index (κ2) is 6.44. The summed E-state index contributed by atoms with van der Waals surface area (Å²) in [6.45, 7) is 1.89. The van der Waals surface area contributed by atoms with Gasteiger partial charge in [0.15, 0.2) is 0 Å². The number of ether oxygens (including phenoxy) is 1. The quantitative estimate of drug-likeness (QED) is 0.878. The van der Waals surface area contributed by atoms with Gasteiger partial charge in [0.2, 0.25) is 0 Å². The van der Waals surface area contributed by atoms with Crippen LogP contribution in [0.5, 0.6) is 11.5 Å². The third-order valence-electron chi connectivity index (χ3n) is 2.72. The highest BCUT2D eigenvalue weighted by molar-refractivity contribution is 6.31. The lowest BCUT2D eigenvalue weighted by molar-refractivity contribution is 0.472. The summed E-state index contributed by atoms with van der Waals surface area (Å²) in [4.78, 5) is 0. The van der Waals surface area contributed by atoms with E-state index >= 15 is 0 Å². The van der Waals surface area contributed by atoms with Gasteiger partial charge in [-0.3, -0.25) is 0 Å². The second-order valence-corrected chi connectivity index (χ2v) is 5.39. The Morgan fingerprint density at radius 2 is 1.95 bits per heavy atom. The van der Waals surface area contributed by atoms with Crippen LogP contribution in [0.2, 0.25) is 10.0 Å². The SMILES string of the molecule is CC(N)Cc1c(Cl)cccc1Oc1ccc(F)c(Cl)c1. The molecule has 0 spiro atoms. The van der Waals surface area contributed by atoms with Crippen LogP contribution in [0.25, 0.3) is 0 Å². The van der Waals surface area contributed by atoms with Crippen LogP contribution in [0.3, 0.4) is 0 Å². The molecule has 2 rings (SSSR count). The molecule has 1 unspecified atom stereocenters. The van der Waals surface area contributed by atoms with Crippen LogP contribution in [-0.2, 0) is 6.42 Å². The summed E-state index contributed by atoms with van der Waals surface area (Å²) in [5.74, 6) is 0.558. The Morgan fingerprint density at radius 1 is 1.20 bits per heavy atom. The van der Waals surface area contributed by atoms with Crippen LogP contribution >= 0.6 is 23.2 Å². The van der Waals surface area contributed by atoms with E-state index in [2.05, 4.69) is 0 Å². The highest BCUT2D eigenvalue weighted by atomic mass is 35.5. The van der Waals surface area contributed by atoms with Gasteiger partial charge in [-0.1, -0.05) is 29.3 Å². The minimum Gasteiger partial charge on any atom is -0.457 e. The third-order valence-corrected chi connectivity index (χ3v) is 3.36. The maximum atomic E-state index is 13.1. The van der Waals surface area contributed by atoms with E-state index in [4.69, 9.17) is 33.7 Å². The van der Waals surface area contributed by atoms with Crippen molar-refractivity contribution >= 4 is 23.2 Å². The fraction of sp³-hybridized carbons (Fsp3) is 0.200. The molecular weight excluding hydrogens is 300 g/mol. The first kappa shape index (κ1) is 15.1. The van der Waals surface area contributed by atoms with Gasteiger partial charge in [0, 0.05) is 22.7 Å². The average Bonchev–Trinajstić information content (AvgIpc) is 2.38. The fourth-order valence-corrected chi connectivity index (χ4v) is 2.24. The summed E-state index contributed by atoms with van der Waals surface area (Å²) in [5.41, 5.74) is 6.64. The topological polar surface area (TPSA) is 35.2 Å². The summed E-state index contributed by atoms with van der Waals surface area (Å²) >= 11 is 11.9. The number of nitrogens with two attached hydrogens (primary N) is 1. The van der Waals surface area contributed by atoms with Crippen LogP contribution in [0.15, 0.2) is 36.4 Å². The first-order chi connectivity index (χ1) is 9.47. The van der Waals surface area contributed by atoms with E-state index in [0.29, 0.717) is 22.9 Å². The zero-order valence-corrected chi connectivity index (χ0v) is 12.4. The molecule has 0 radical (unpaired) electrons. The molecule has 0 saturated carbocycles. The smallest absolute Gasteiger partial charge is 0.142 e. The molecule has 0 amide bonds. The summed E-state index contributed by atoms with van der Waals surface area (Å²) in [6, 6.07) is 9.51. The molecule has 0 fully saturated rings. The Kier molecular flexibility index (Phi) is 4.86. The zero-order valence-electron chi connectivity index (χ0n) is 10.9. The molecule has 0 aliphatic carbocycles. The Morgan fingerprint density at radius 3 is 2.60 bits per heavy atom. The minimum atomic E-state index is -0.485. The van der Waals surface area contributed by atoms with E-state index in [0.717, 1.165) is 5.56 Å². The molecule has 1 atom stereocenters. The van der Waals surface area contributed by atoms with Gasteiger partial charge in [-0.05, 0) is 37.6 Å². The minimum absolute atomic E-state index is 0.0123. The van der Waals surface area contributed by atoms with Gasteiger partial charge in [0.1, 0.15) is 17.3 Å².